The molecule has 10 rings (SSSR count). The first-order valence-corrected chi connectivity index (χ1v) is 36.8. The average Bonchev–Trinajstić information content (AvgIpc) is 0.810. The van der Waals surface area contributed by atoms with Crippen molar-refractivity contribution in [1.29, 1.82) is 0 Å². The standard InChI is InChI=1S/4C18H22FNO3.C18H20FNO3/c5*1-18(2,3)17(22)14-7-11(10-21)5-6-12(14)13-8-16(23-4)20-9-15(13)19/h4*5-9,17,21-22H,10H2,1-4H3;5-9,21H,10H2,1-4H3/t2*17-;;;/m10.../s1. The molecule has 0 saturated carbocycles. The Bertz CT molecular complexity index is 4450. The second kappa shape index (κ2) is 40.4. The molecule has 20 nitrogen and oxygen atoms in total. The quantitative estimate of drug-likeness (QED) is 0.0253. The number of benzene rings is 5. The number of rotatable bonds is 20. The van der Waals surface area contributed by atoms with Gasteiger partial charge in [-0.05, 0) is 106 Å². The van der Waals surface area contributed by atoms with Crippen LogP contribution in [0.5, 0.6) is 29.4 Å². The van der Waals surface area contributed by atoms with Crippen LogP contribution in [0.1, 0.15) is 189 Å². The minimum Gasteiger partial charge on any atom is -0.481 e. The normalized spacial score (nSPS) is 12.7. The van der Waals surface area contributed by atoms with E-state index in [0.29, 0.717) is 129 Å². The number of carbonyl (C=O) groups excluding carboxylic acids is 1. The molecule has 0 amide bonds. The van der Waals surface area contributed by atoms with Gasteiger partial charge >= 0.3 is 0 Å². The van der Waals surface area contributed by atoms with Gasteiger partial charge in [0.05, 0.1) is 124 Å². The smallest absolute Gasteiger partial charge is 0.213 e. The first kappa shape index (κ1) is 93.7. The van der Waals surface area contributed by atoms with E-state index in [4.69, 9.17) is 23.7 Å². The molecule has 0 spiro atoms. The van der Waals surface area contributed by atoms with Gasteiger partial charge in [0.2, 0.25) is 29.4 Å². The fourth-order valence-electron chi connectivity index (χ4n) is 11.8. The summed E-state index contributed by atoms with van der Waals surface area (Å²) >= 11 is 0. The van der Waals surface area contributed by atoms with Gasteiger partial charge < -0.3 is 69.6 Å². The summed E-state index contributed by atoms with van der Waals surface area (Å²) in [7, 11) is 7.29. The molecule has 115 heavy (non-hydrogen) atoms. The Hall–Kier alpha value is -10.2. The van der Waals surface area contributed by atoms with Crippen molar-refractivity contribution >= 4 is 5.78 Å². The molecule has 0 bridgehead atoms. The van der Waals surface area contributed by atoms with Crippen molar-refractivity contribution in [2.75, 3.05) is 35.5 Å². The predicted molar refractivity (Wildman–Crippen MR) is 432 cm³/mol. The maximum atomic E-state index is 14.3. The van der Waals surface area contributed by atoms with Gasteiger partial charge in [0.25, 0.3) is 0 Å². The third-order valence-corrected chi connectivity index (χ3v) is 18.5. The lowest BCUT2D eigenvalue weighted by molar-refractivity contribution is 0.0629. The second-order valence-corrected chi connectivity index (χ2v) is 32.5. The summed E-state index contributed by atoms with van der Waals surface area (Å²) in [4.78, 5) is 31.9. The molecule has 0 aliphatic carbocycles. The molecule has 0 radical (unpaired) electrons. The third-order valence-electron chi connectivity index (χ3n) is 18.5. The molecular weight excluding hydrogens is 1490 g/mol. The van der Waals surface area contributed by atoms with Crippen LogP contribution in [0.3, 0.4) is 0 Å². The number of methoxy groups -OCH3 is 5. The third kappa shape index (κ3) is 24.4. The van der Waals surface area contributed by atoms with Gasteiger partial charge in [-0.25, -0.2) is 46.9 Å². The molecular formula is C90H108F5N5O15. The maximum absolute atomic E-state index is 14.3. The zero-order valence-electron chi connectivity index (χ0n) is 68.9. The van der Waals surface area contributed by atoms with Crippen LogP contribution < -0.4 is 23.7 Å². The van der Waals surface area contributed by atoms with Crippen molar-refractivity contribution in [3.05, 3.63) is 237 Å². The van der Waals surface area contributed by atoms with Gasteiger partial charge in [0.15, 0.2) is 5.78 Å². The van der Waals surface area contributed by atoms with Crippen LogP contribution in [0.25, 0.3) is 55.6 Å². The summed E-state index contributed by atoms with van der Waals surface area (Å²) in [6.45, 7) is 27.4. The van der Waals surface area contributed by atoms with Crippen LogP contribution in [0.2, 0.25) is 0 Å². The largest absolute Gasteiger partial charge is 0.481 e. The lowest BCUT2D eigenvalue weighted by Gasteiger charge is -2.28. The van der Waals surface area contributed by atoms with Gasteiger partial charge in [-0.3, -0.25) is 4.79 Å². The molecule has 2 unspecified atom stereocenters. The van der Waals surface area contributed by atoms with E-state index >= 15 is 0 Å². The van der Waals surface area contributed by atoms with E-state index in [2.05, 4.69) is 24.9 Å². The van der Waals surface area contributed by atoms with Crippen LogP contribution in [-0.4, -0.2) is 112 Å². The average molecular weight is 1590 g/mol. The maximum Gasteiger partial charge on any atom is 0.213 e. The predicted octanol–water partition coefficient (Wildman–Crippen LogP) is 17.5. The number of ether oxygens (including phenoxy) is 5. The van der Waals surface area contributed by atoms with Crippen molar-refractivity contribution in [3.63, 3.8) is 0 Å². The number of hydrogen-bond acceptors (Lipinski definition) is 20. The van der Waals surface area contributed by atoms with Crippen molar-refractivity contribution < 1.29 is 96.4 Å². The van der Waals surface area contributed by atoms with E-state index in [1.54, 1.807) is 112 Å². The highest BCUT2D eigenvalue weighted by atomic mass is 19.1. The molecule has 618 valence electrons. The minimum atomic E-state index is -0.817. The second-order valence-electron chi connectivity index (χ2n) is 32.5. The molecule has 25 heteroatoms. The first-order chi connectivity index (χ1) is 53.9. The highest BCUT2D eigenvalue weighted by Crippen LogP contribution is 2.45. The highest BCUT2D eigenvalue weighted by Gasteiger charge is 2.33. The zero-order chi connectivity index (χ0) is 86.0. The Labute approximate surface area is 670 Å². The molecule has 0 fully saturated rings. The summed E-state index contributed by atoms with van der Waals surface area (Å²) in [6, 6.07) is 32.9. The summed E-state index contributed by atoms with van der Waals surface area (Å²) < 4.78 is 96.6. The van der Waals surface area contributed by atoms with Crippen LogP contribution in [-0.2, 0) is 33.0 Å². The summed E-state index contributed by atoms with van der Waals surface area (Å²) in [5.74, 6) is -1.20. The van der Waals surface area contributed by atoms with E-state index in [0.717, 1.165) is 31.0 Å². The van der Waals surface area contributed by atoms with Crippen LogP contribution in [0.15, 0.2) is 152 Å². The van der Waals surface area contributed by atoms with Gasteiger partial charge in [-0.1, -0.05) is 189 Å². The van der Waals surface area contributed by atoms with E-state index in [-0.39, 0.29) is 50.3 Å². The number of aliphatic hydroxyl groups excluding tert-OH is 9. The number of aliphatic hydroxyl groups is 9. The molecule has 10 aromatic rings. The Morgan fingerprint density at radius 3 is 0.652 bits per heavy atom. The van der Waals surface area contributed by atoms with Gasteiger partial charge in [0, 0.05) is 69.1 Å². The minimum absolute atomic E-state index is 0.127. The fraction of sp³-hybridized carbons (Fsp3) is 0.378. The number of carbonyl (C=O) groups is 1. The van der Waals surface area contributed by atoms with Crippen molar-refractivity contribution in [1.82, 2.24) is 24.9 Å². The SMILES string of the molecule is COc1cc(-c2ccc(CO)cc2C(=O)C(C)(C)C)c(F)cn1.COc1cc(-c2ccc(CO)cc2C(O)C(C)(C)C)c(F)cn1.COc1cc(-c2ccc(CO)cc2C(O)C(C)(C)C)c(F)cn1.COc1cc(-c2ccc(CO)cc2[C@@H](O)C(C)(C)C)c(F)cn1.COc1cc(-c2ccc(CO)cc2[C@H](O)C(C)(C)C)c(F)cn1. The first-order valence-electron chi connectivity index (χ1n) is 36.8. The van der Waals surface area contributed by atoms with E-state index in [1.807, 2.05) is 83.1 Å². The van der Waals surface area contributed by atoms with Gasteiger partial charge in [-0.15, -0.1) is 0 Å². The summed E-state index contributed by atoms with van der Waals surface area (Å²) in [5, 5.41) is 89.5. The van der Waals surface area contributed by atoms with Crippen molar-refractivity contribution in [2.24, 2.45) is 27.1 Å². The van der Waals surface area contributed by atoms with Crippen molar-refractivity contribution in [3.8, 4) is 85.0 Å². The van der Waals surface area contributed by atoms with E-state index in [1.165, 1.54) is 65.9 Å². The number of ketones is 1. The molecule has 4 atom stereocenters. The summed E-state index contributed by atoms with van der Waals surface area (Å²) in [5.41, 5.74) is 7.67. The lowest BCUT2D eigenvalue weighted by Crippen LogP contribution is -2.21. The molecule has 5 heterocycles. The van der Waals surface area contributed by atoms with Crippen LogP contribution in [0.4, 0.5) is 22.0 Å². The number of Topliss-reactive ketones (excluding diaryl/α,β-unsaturated/α-hetero) is 1. The lowest BCUT2D eigenvalue weighted by atomic mass is 9.81. The monoisotopic (exact) mass is 1590 g/mol. The van der Waals surface area contributed by atoms with Gasteiger partial charge in [-0.2, -0.15) is 0 Å². The number of nitrogens with zero attached hydrogens (tertiary/aromatic N) is 5. The highest BCUT2D eigenvalue weighted by molar-refractivity contribution is 6.05. The van der Waals surface area contributed by atoms with Crippen LogP contribution in [0, 0.1) is 56.2 Å². The number of aromatic nitrogens is 5. The van der Waals surface area contributed by atoms with E-state index in [9.17, 15) is 72.7 Å². The number of halogens is 5. The Kier molecular flexibility index (Phi) is 32.9. The van der Waals surface area contributed by atoms with Gasteiger partial charge in [0.1, 0.15) is 29.1 Å². The molecule has 5 aromatic heterocycles. The summed E-state index contributed by atoms with van der Waals surface area (Å²) in [6.07, 6.45) is 2.19. The Morgan fingerprint density at radius 2 is 0.478 bits per heavy atom. The van der Waals surface area contributed by atoms with E-state index < -0.39 is 80.6 Å². The molecule has 0 saturated heterocycles. The number of pyridine rings is 5. The fourth-order valence-corrected chi connectivity index (χ4v) is 11.8. The molecule has 5 aromatic carbocycles. The number of hydrogen-bond donors (Lipinski definition) is 9. The zero-order valence-corrected chi connectivity index (χ0v) is 68.9. The topological polar surface area (TPSA) is 310 Å². The molecule has 0 aliphatic heterocycles. The Morgan fingerprint density at radius 1 is 0.296 bits per heavy atom. The molecule has 0 aliphatic rings. The van der Waals surface area contributed by atoms with Crippen molar-refractivity contribution in [2.45, 2.75) is 161 Å². The Balaban J connectivity index is 0.000000224. The van der Waals surface area contributed by atoms with Crippen LogP contribution >= 0.6 is 0 Å². The molecule has 9 N–H and O–H groups in total.